The smallest absolute Gasteiger partial charge is 0.301 e. The first-order chi connectivity index (χ1) is 21.8. The van der Waals surface area contributed by atoms with Gasteiger partial charge in [0.05, 0.1) is 11.6 Å². The number of thioether (sulfide) groups is 1. The monoisotopic (exact) mass is 633 g/mol. The summed E-state index contributed by atoms with van der Waals surface area (Å²) in [5.41, 5.74) is 4.47. The summed E-state index contributed by atoms with van der Waals surface area (Å²) in [7, 11) is 0. The molecule has 7 rings (SSSR count). The van der Waals surface area contributed by atoms with Gasteiger partial charge in [-0.25, -0.2) is 0 Å². The minimum atomic E-state index is -0.862. The normalized spacial score (nSPS) is 19.0. The first-order valence-corrected chi connectivity index (χ1v) is 16.7. The van der Waals surface area contributed by atoms with Gasteiger partial charge in [-0.3, -0.25) is 14.5 Å². The molecule has 2 aliphatic heterocycles. The van der Waals surface area contributed by atoms with Gasteiger partial charge in [0, 0.05) is 17.7 Å². The number of hydrogen-bond acceptors (Lipinski definition) is 8. The van der Waals surface area contributed by atoms with E-state index in [0.29, 0.717) is 38.7 Å². The standard InChI is InChI=1S/C36H31N3O4S2/c1-20(2)22-11-13-24(14-12-22)31-30(32(40)25-15-16-29-27(18-25)17-21(3)43-29)33(41)34(42)39(31)35-37-38-36(45-35)44-19-26-9-6-8-23-7-4-5-10-28(23)26/h4-16,18,20-21,31,40H,17,19H2,1-3H3/t21-,31-/m0/s1. The molecule has 0 saturated carbocycles. The lowest BCUT2D eigenvalue weighted by atomic mass is 9.93. The number of Topliss-reactive ketones (excluding diaryl/α,β-unsaturated/α-hetero) is 1. The number of amides is 1. The van der Waals surface area contributed by atoms with Crippen LogP contribution in [0.3, 0.4) is 0 Å². The van der Waals surface area contributed by atoms with Crippen molar-refractivity contribution < 1.29 is 19.4 Å². The Labute approximate surface area is 269 Å². The Morgan fingerprint density at radius 2 is 1.80 bits per heavy atom. The van der Waals surface area contributed by atoms with E-state index in [9.17, 15) is 14.7 Å². The summed E-state index contributed by atoms with van der Waals surface area (Å²) < 4.78 is 6.51. The Balaban J connectivity index is 1.26. The molecule has 0 aliphatic carbocycles. The van der Waals surface area contributed by atoms with E-state index in [-0.39, 0.29) is 17.4 Å². The van der Waals surface area contributed by atoms with Crippen LogP contribution in [0.5, 0.6) is 5.75 Å². The van der Waals surface area contributed by atoms with Gasteiger partial charge in [0.15, 0.2) is 4.34 Å². The molecule has 2 atom stereocenters. The molecule has 7 nitrogen and oxygen atoms in total. The van der Waals surface area contributed by atoms with Crippen molar-refractivity contribution in [1.82, 2.24) is 10.2 Å². The number of ketones is 1. The number of carbonyl (C=O) groups excluding carboxylic acids is 2. The maximum atomic E-state index is 13.7. The summed E-state index contributed by atoms with van der Waals surface area (Å²) in [4.78, 5) is 28.8. The molecule has 1 saturated heterocycles. The third-order valence-electron chi connectivity index (χ3n) is 8.37. The Bertz CT molecular complexity index is 1980. The third-order valence-corrected chi connectivity index (χ3v) is 10.5. The molecule has 1 amide bonds. The van der Waals surface area contributed by atoms with Crippen molar-refractivity contribution in [1.29, 1.82) is 0 Å². The number of benzene rings is 4. The second-order valence-electron chi connectivity index (χ2n) is 11.7. The number of aromatic nitrogens is 2. The van der Waals surface area contributed by atoms with Crippen molar-refractivity contribution in [2.75, 3.05) is 4.90 Å². The van der Waals surface area contributed by atoms with Crippen LogP contribution in [0.2, 0.25) is 0 Å². The van der Waals surface area contributed by atoms with Crippen LogP contribution in [0, 0.1) is 0 Å². The zero-order valence-corrected chi connectivity index (χ0v) is 26.7. The van der Waals surface area contributed by atoms with Crippen LogP contribution in [-0.4, -0.2) is 33.1 Å². The predicted octanol–water partition coefficient (Wildman–Crippen LogP) is 8.06. The number of rotatable bonds is 7. The number of carbonyl (C=O) groups is 2. The fourth-order valence-corrected chi connectivity index (χ4v) is 7.92. The average molecular weight is 634 g/mol. The largest absolute Gasteiger partial charge is 0.507 e. The molecule has 9 heteroatoms. The molecule has 0 bridgehead atoms. The second kappa shape index (κ2) is 11.8. The van der Waals surface area contributed by atoms with Crippen LogP contribution < -0.4 is 9.64 Å². The lowest BCUT2D eigenvalue weighted by Crippen LogP contribution is -2.29. The maximum Gasteiger partial charge on any atom is 0.301 e. The minimum absolute atomic E-state index is 0.0318. The van der Waals surface area contributed by atoms with E-state index < -0.39 is 17.7 Å². The zero-order valence-electron chi connectivity index (χ0n) is 25.1. The third kappa shape index (κ3) is 5.40. The second-order valence-corrected chi connectivity index (χ2v) is 13.9. The number of hydrogen-bond donors (Lipinski definition) is 1. The van der Waals surface area contributed by atoms with E-state index in [2.05, 4.69) is 48.3 Å². The summed E-state index contributed by atoms with van der Waals surface area (Å²) in [5.74, 6) is 0.0418. The Kier molecular flexibility index (Phi) is 7.67. The van der Waals surface area contributed by atoms with Gasteiger partial charge in [-0.05, 0) is 64.1 Å². The summed E-state index contributed by atoms with van der Waals surface area (Å²) in [6.07, 6.45) is 0.738. The van der Waals surface area contributed by atoms with Crippen molar-refractivity contribution >= 4 is 56.5 Å². The SMILES string of the molecule is CC(C)c1ccc([C@H]2C(=C(O)c3ccc4c(c3)C[C@H](C)O4)C(=O)C(=O)N2c2nnc(SCc3cccc4ccccc34)s2)cc1. The van der Waals surface area contributed by atoms with Gasteiger partial charge in [-0.2, -0.15) is 0 Å². The fraction of sp³-hybridized carbons (Fsp3) is 0.222. The van der Waals surface area contributed by atoms with Gasteiger partial charge in [-0.15, -0.1) is 10.2 Å². The average Bonchev–Trinajstić information content (AvgIpc) is 3.74. The quantitative estimate of drug-likeness (QED) is 0.0637. The zero-order chi connectivity index (χ0) is 31.2. The summed E-state index contributed by atoms with van der Waals surface area (Å²) in [6.45, 7) is 6.21. The summed E-state index contributed by atoms with van der Waals surface area (Å²) in [5, 5.41) is 23.1. The van der Waals surface area contributed by atoms with Crippen LogP contribution in [0.25, 0.3) is 16.5 Å². The predicted molar refractivity (Wildman–Crippen MR) is 179 cm³/mol. The molecular formula is C36H31N3O4S2. The highest BCUT2D eigenvalue weighted by molar-refractivity contribution is 8.00. The first kappa shape index (κ1) is 29.3. The fourth-order valence-electron chi connectivity index (χ4n) is 6.05. The van der Waals surface area contributed by atoms with Crippen LogP contribution in [0.4, 0.5) is 5.13 Å². The maximum absolute atomic E-state index is 13.7. The Hall–Kier alpha value is -4.47. The highest BCUT2D eigenvalue weighted by Crippen LogP contribution is 2.45. The van der Waals surface area contributed by atoms with E-state index in [4.69, 9.17) is 4.74 Å². The van der Waals surface area contributed by atoms with Gasteiger partial charge in [0.2, 0.25) is 5.13 Å². The highest BCUT2D eigenvalue weighted by Gasteiger charge is 2.48. The minimum Gasteiger partial charge on any atom is -0.507 e. The number of fused-ring (bicyclic) bond motifs is 2. The molecule has 2 aliphatic rings. The lowest BCUT2D eigenvalue weighted by molar-refractivity contribution is -0.132. The molecule has 1 fully saturated rings. The van der Waals surface area contributed by atoms with Crippen molar-refractivity contribution in [3.05, 3.63) is 118 Å². The Morgan fingerprint density at radius 3 is 2.60 bits per heavy atom. The van der Waals surface area contributed by atoms with Crippen LogP contribution in [0.1, 0.15) is 60.5 Å². The number of ether oxygens (including phenoxy) is 1. The summed E-state index contributed by atoms with van der Waals surface area (Å²) in [6, 6.07) is 26.8. The number of aliphatic hydroxyl groups excluding tert-OH is 1. The van der Waals surface area contributed by atoms with Crippen molar-refractivity contribution in [3.8, 4) is 5.75 Å². The molecule has 1 aromatic heterocycles. The molecule has 45 heavy (non-hydrogen) atoms. The number of anilines is 1. The van der Waals surface area contributed by atoms with Crippen LogP contribution >= 0.6 is 23.1 Å². The number of aliphatic hydroxyl groups is 1. The van der Waals surface area contributed by atoms with Crippen molar-refractivity contribution in [2.24, 2.45) is 0 Å². The molecular weight excluding hydrogens is 603 g/mol. The van der Waals surface area contributed by atoms with E-state index in [1.54, 1.807) is 12.1 Å². The van der Waals surface area contributed by atoms with E-state index >= 15 is 0 Å². The van der Waals surface area contributed by atoms with Crippen LogP contribution in [0.15, 0.2) is 94.8 Å². The molecule has 0 radical (unpaired) electrons. The molecule has 3 heterocycles. The van der Waals surface area contributed by atoms with Gasteiger partial charge in [0.25, 0.3) is 5.78 Å². The van der Waals surface area contributed by atoms with Crippen LogP contribution in [-0.2, 0) is 21.8 Å². The van der Waals surface area contributed by atoms with Gasteiger partial charge < -0.3 is 9.84 Å². The van der Waals surface area contributed by atoms with Gasteiger partial charge in [0.1, 0.15) is 17.6 Å². The first-order valence-electron chi connectivity index (χ1n) is 14.9. The molecule has 4 aromatic carbocycles. The Morgan fingerprint density at radius 1 is 1.02 bits per heavy atom. The molecule has 226 valence electrons. The van der Waals surface area contributed by atoms with E-state index in [0.717, 1.165) is 16.9 Å². The van der Waals surface area contributed by atoms with Crippen molar-refractivity contribution in [3.63, 3.8) is 0 Å². The lowest BCUT2D eigenvalue weighted by Gasteiger charge is -2.23. The summed E-state index contributed by atoms with van der Waals surface area (Å²) >= 11 is 2.80. The highest BCUT2D eigenvalue weighted by atomic mass is 32.2. The topological polar surface area (TPSA) is 92.6 Å². The van der Waals surface area contributed by atoms with Gasteiger partial charge >= 0.3 is 5.91 Å². The molecule has 5 aromatic rings. The molecule has 1 N–H and O–H groups in total. The van der Waals surface area contributed by atoms with E-state index in [1.165, 1.54) is 44.3 Å². The molecule has 0 spiro atoms. The van der Waals surface area contributed by atoms with Crippen molar-refractivity contribution in [2.45, 2.75) is 55.3 Å². The number of nitrogens with zero attached hydrogens (tertiary/aromatic N) is 3. The van der Waals surface area contributed by atoms with Gasteiger partial charge in [-0.1, -0.05) is 104 Å². The molecule has 0 unspecified atom stereocenters. The van der Waals surface area contributed by atoms with E-state index in [1.807, 2.05) is 55.5 Å².